The van der Waals surface area contributed by atoms with Crippen LogP contribution in [0.5, 0.6) is 0 Å². The van der Waals surface area contributed by atoms with Crippen LogP contribution >= 0.6 is 0 Å². The highest BCUT2D eigenvalue weighted by Crippen LogP contribution is 2.02. The second-order valence-electron chi connectivity index (χ2n) is 2.58. The van der Waals surface area contributed by atoms with Crippen molar-refractivity contribution in [1.29, 1.82) is 0 Å². The molecular weight excluding hydrogens is 96.9 g/mol. The maximum absolute atomic E-state index is 2.34. The first-order valence-corrected chi connectivity index (χ1v) is 3.13. The Morgan fingerprint density at radius 3 is 2.88 bits per heavy atom. The number of hydrogen-bond donors (Lipinski definition) is 0. The van der Waals surface area contributed by atoms with E-state index in [1.54, 1.807) is 0 Å². The summed E-state index contributed by atoms with van der Waals surface area (Å²) in [6, 6.07) is 0. The van der Waals surface area contributed by atoms with Gasteiger partial charge in [-0.3, -0.25) is 0 Å². The lowest BCUT2D eigenvalue weighted by molar-refractivity contribution is 0.362. The summed E-state index contributed by atoms with van der Waals surface area (Å²) in [5.74, 6) is 0. The summed E-state index contributed by atoms with van der Waals surface area (Å²) >= 11 is 0. The van der Waals surface area contributed by atoms with Crippen molar-refractivity contribution >= 4 is 7.85 Å². The van der Waals surface area contributed by atoms with Crippen LogP contribution in [-0.4, -0.2) is 32.9 Å². The van der Waals surface area contributed by atoms with Gasteiger partial charge in [0.1, 0.15) is 7.85 Å². The SMILES string of the molecule is BC1=CCCN(C)C1. The Hall–Kier alpha value is -0.235. The van der Waals surface area contributed by atoms with E-state index in [0.717, 1.165) is 0 Å². The molecule has 0 bridgehead atoms. The van der Waals surface area contributed by atoms with Crippen molar-refractivity contribution in [1.82, 2.24) is 4.90 Å². The molecule has 0 saturated heterocycles. The van der Waals surface area contributed by atoms with Crippen molar-refractivity contribution in [2.45, 2.75) is 6.42 Å². The third-order valence-corrected chi connectivity index (χ3v) is 1.52. The highest BCUT2D eigenvalue weighted by molar-refractivity contribution is 6.21. The topological polar surface area (TPSA) is 3.24 Å². The van der Waals surface area contributed by atoms with E-state index >= 15 is 0 Å². The Kier molecular flexibility index (Phi) is 1.74. The normalized spacial score (nSPS) is 22.9. The van der Waals surface area contributed by atoms with Gasteiger partial charge in [0.25, 0.3) is 0 Å². The van der Waals surface area contributed by atoms with Crippen LogP contribution in [0.4, 0.5) is 0 Å². The van der Waals surface area contributed by atoms with Gasteiger partial charge in [0, 0.05) is 13.1 Å². The maximum Gasteiger partial charge on any atom is 0.135 e. The lowest BCUT2D eigenvalue weighted by atomic mass is 9.92. The molecule has 44 valence electrons. The van der Waals surface area contributed by atoms with Crippen LogP contribution < -0.4 is 0 Å². The molecule has 0 aromatic carbocycles. The van der Waals surface area contributed by atoms with Crippen LogP contribution in [0.25, 0.3) is 0 Å². The van der Waals surface area contributed by atoms with E-state index in [4.69, 9.17) is 0 Å². The van der Waals surface area contributed by atoms with Gasteiger partial charge in [-0.2, -0.15) is 0 Å². The monoisotopic (exact) mass is 109 g/mol. The molecule has 0 radical (unpaired) electrons. The smallest absolute Gasteiger partial charge is 0.135 e. The van der Waals surface area contributed by atoms with E-state index in [2.05, 4.69) is 25.9 Å². The summed E-state index contributed by atoms with van der Waals surface area (Å²) < 4.78 is 0. The average Bonchev–Trinajstić information content (AvgIpc) is 1.64. The number of hydrogen-bond acceptors (Lipinski definition) is 1. The summed E-state index contributed by atoms with van der Waals surface area (Å²) in [5, 5.41) is 0. The Morgan fingerprint density at radius 1 is 1.75 bits per heavy atom. The average molecular weight is 109 g/mol. The van der Waals surface area contributed by atoms with Crippen LogP contribution in [0.15, 0.2) is 11.5 Å². The third-order valence-electron chi connectivity index (χ3n) is 1.52. The summed E-state index contributed by atoms with van der Waals surface area (Å²) in [4.78, 5) is 2.34. The van der Waals surface area contributed by atoms with Gasteiger partial charge in [-0.25, -0.2) is 0 Å². The zero-order valence-corrected chi connectivity index (χ0v) is 5.65. The first-order valence-electron chi connectivity index (χ1n) is 3.13. The van der Waals surface area contributed by atoms with E-state index in [9.17, 15) is 0 Å². The fourth-order valence-corrected chi connectivity index (χ4v) is 1.10. The zero-order chi connectivity index (χ0) is 5.98. The molecule has 0 amide bonds. The van der Waals surface area contributed by atoms with Crippen molar-refractivity contribution in [2.75, 3.05) is 20.1 Å². The van der Waals surface area contributed by atoms with Gasteiger partial charge in [-0.1, -0.05) is 6.08 Å². The zero-order valence-electron chi connectivity index (χ0n) is 5.65. The van der Waals surface area contributed by atoms with Gasteiger partial charge in [0.15, 0.2) is 0 Å². The van der Waals surface area contributed by atoms with Gasteiger partial charge in [-0.15, -0.1) is 5.47 Å². The highest BCUT2D eigenvalue weighted by Gasteiger charge is 2.02. The van der Waals surface area contributed by atoms with Crippen molar-refractivity contribution in [2.24, 2.45) is 0 Å². The largest absolute Gasteiger partial charge is 0.303 e. The lowest BCUT2D eigenvalue weighted by Crippen LogP contribution is -2.25. The third kappa shape index (κ3) is 1.37. The molecule has 8 heavy (non-hydrogen) atoms. The molecule has 0 aliphatic carbocycles. The summed E-state index contributed by atoms with van der Waals surface area (Å²) in [6.45, 7) is 2.40. The van der Waals surface area contributed by atoms with Crippen LogP contribution in [-0.2, 0) is 0 Å². The molecule has 1 aliphatic rings. The van der Waals surface area contributed by atoms with Crippen LogP contribution in [0.1, 0.15) is 6.42 Å². The van der Waals surface area contributed by atoms with E-state index in [0.29, 0.717) is 0 Å². The van der Waals surface area contributed by atoms with Gasteiger partial charge < -0.3 is 4.90 Å². The molecule has 0 unspecified atom stereocenters. The van der Waals surface area contributed by atoms with E-state index in [1.807, 2.05) is 0 Å². The molecule has 1 heterocycles. The van der Waals surface area contributed by atoms with E-state index in [-0.39, 0.29) is 0 Å². The first kappa shape index (κ1) is 5.89. The van der Waals surface area contributed by atoms with Gasteiger partial charge in [-0.05, 0) is 13.5 Å². The maximum atomic E-state index is 2.34. The molecule has 1 rings (SSSR count). The Labute approximate surface area is 51.8 Å². The van der Waals surface area contributed by atoms with Crippen LogP contribution in [0.2, 0.25) is 0 Å². The molecule has 2 heteroatoms. The highest BCUT2D eigenvalue weighted by atomic mass is 15.1. The second-order valence-corrected chi connectivity index (χ2v) is 2.58. The number of rotatable bonds is 0. The molecule has 1 nitrogen and oxygen atoms in total. The molecule has 0 spiro atoms. The van der Waals surface area contributed by atoms with Crippen LogP contribution in [0.3, 0.4) is 0 Å². The molecule has 0 aromatic rings. The van der Waals surface area contributed by atoms with Crippen molar-refractivity contribution in [3.8, 4) is 0 Å². The molecule has 0 aromatic heterocycles. The number of likely N-dealkylation sites (N-methyl/N-ethyl adjacent to an activating group) is 1. The predicted molar refractivity (Wildman–Crippen MR) is 38.7 cm³/mol. The quantitative estimate of drug-likeness (QED) is 0.390. The minimum Gasteiger partial charge on any atom is -0.303 e. The van der Waals surface area contributed by atoms with Gasteiger partial charge >= 0.3 is 0 Å². The summed E-state index contributed by atoms with van der Waals surface area (Å²) in [7, 11) is 4.35. The Bertz CT molecular complexity index is 109. The summed E-state index contributed by atoms with van der Waals surface area (Å²) in [6.07, 6.45) is 3.56. The van der Waals surface area contributed by atoms with E-state index in [1.165, 1.54) is 25.0 Å². The van der Waals surface area contributed by atoms with Gasteiger partial charge in [0.2, 0.25) is 0 Å². The van der Waals surface area contributed by atoms with Crippen molar-refractivity contribution in [3.05, 3.63) is 11.5 Å². The standard InChI is InChI=1S/C6H12BN/c1-8-4-2-3-6(7)5-8/h3H,2,4-5,7H2,1H3. The summed E-state index contributed by atoms with van der Waals surface area (Å²) in [5.41, 5.74) is 1.51. The molecule has 1 aliphatic heterocycles. The van der Waals surface area contributed by atoms with Crippen LogP contribution in [0, 0.1) is 0 Å². The van der Waals surface area contributed by atoms with Crippen molar-refractivity contribution in [3.63, 3.8) is 0 Å². The Morgan fingerprint density at radius 2 is 2.50 bits per heavy atom. The molecule has 0 fully saturated rings. The minimum absolute atomic E-state index is 1.17. The number of nitrogens with zero attached hydrogens (tertiary/aromatic N) is 1. The minimum atomic E-state index is 1.17. The predicted octanol–water partition coefficient (Wildman–Crippen LogP) is -0.161. The second kappa shape index (κ2) is 2.36. The molecular formula is C6H12BN. The molecule has 0 saturated carbocycles. The molecule has 0 atom stereocenters. The fraction of sp³-hybridized carbons (Fsp3) is 0.667. The van der Waals surface area contributed by atoms with Crippen molar-refractivity contribution < 1.29 is 0 Å². The molecule has 0 N–H and O–H groups in total. The lowest BCUT2D eigenvalue weighted by Gasteiger charge is -2.20. The fourth-order valence-electron chi connectivity index (χ4n) is 1.10. The Balaban J connectivity index is 2.45. The van der Waals surface area contributed by atoms with E-state index < -0.39 is 0 Å². The first-order chi connectivity index (χ1) is 3.79. The van der Waals surface area contributed by atoms with Gasteiger partial charge in [0.05, 0.1) is 0 Å².